The predicted molar refractivity (Wildman–Crippen MR) is 105 cm³/mol. The van der Waals surface area contributed by atoms with Crippen LogP contribution in [0, 0.1) is 0 Å². The summed E-state index contributed by atoms with van der Waals surface area (Å²) in [6.07, 6.45) is -3.17. The molecular weight excluding hydrogens is 411 g/mol. The molecule has 0 aliphatic carbocycles. The number of hydrogen-bond acceptors (Lipinski definition) is 8. The lowest BCUT2D eigenvalue weighted by Crippen LogP contribution is -2.43. The number of phosphoric acid groups is 1. The van der Waals surface area contributed by atoms with E-state index in [4.69, 9.17) is 32.5 Å². The maximum Gasteiger partial charge on any atom is 0.531 e. The van der Waals surface area contributed by atoms with Crippen molar-refractivity contribution in [3.05, 3.63) is 60.2 Å². The van der Waals surface area contributed by atoms with E-state index in [0.717, 1.165) is 5.56 Å². The van der Waals surface area contributed by atoms with Crippen molar-refractivity contribution < 1.29 is 37.1 Å². The number of methoxy groups -OCH3 is 1. The lowest BCUT2D eigenvalue weighted by molar-refractivity contribution is -0.231. The van der Waals surface area contributed by atoms with Crippen LogP contribution in [0.4, 0.5) is 0 Å². The first-order chi connectivity index (χ1) is 14.4. The van der Waals surface area contributed by atoms with Crippen LogP contribution in [-0.4, -0.2) is 37.5 Å². The first kappa shape index (κ1) is 20.0. The largest absolute Gasteiger partial charge is 0.531 e. The molecule has 0 spiro atoms. The van der Waals surface area contributed by atoms with Gasteiger partial charge in [-0.2, -0.15) is 0 Å². The second kappa shape index (κ2) is 7.34. The van der Waals surface area contributed by atoms with Crippen LogP contribution < -0.4 is 9.26 Å². The van der Waals surface area contributed by atoms with E-state index in [0.29, 0.717) is 11.5 Å². The van der Waals surface area contributed by atoms with E-state index in [1.54, 1.807) is 57.4 Å². The number of para-hydroxylation sites is 1. The molecule has 3 heterocycles. The summed E-state index contributed by atoms with van der Waals surface area (Å²) in [6, 6.07) is 16.0. The minimum Gasteiger partial charge on any atom is -0.497 e. The average Bonchev–Trinajstić information content (AvgIpc) is 3.20. The smallest absolute Gasteiger partial charge is 0.497 e. The van der Waals surface area contributed by atoms with Crippen LogP contribution in [-0.2, 0) is 27.8 Å². The molecule has 5 rings (SSSR count). The van der Waals surface area contributed by atoms with Gasteiger partial charge in [0.05, 0.1) is 7.11 Å². The van der Waals surface area contributed by atoms with Gasteiger partial charge in [0.25, 0.3) is 0 Å². The van der Waals surface area contributed by atoms with Crippen LogP contribution in [0.3, 0.4) is 0 Å². The lowest BCUT2D eigenvalue weighted by atomic mass is 9.99. The Morgan fingerprint density at radius 2 is 1.60 bits per heavy atom. The quantitative estimate of drug-likeness (QED) is 0.662. The van der Waals surface area contributed by atoms with Gasteiger partial charge < -0.3 is 23.5 Å². The van der Waals surface area contributed by atoms with E-state index in [-0.39, 0.29) is 0 Å². The van der Waals surface area contributed by atoms with Crippen molar-refractivity contribution in [1.29, 1.82) is 0 Å². The molecule has 3 saturated heterocycles. The Balaban J connectivity index is 1.48. The monoisotopic (exact) mass is 434 g/mol. The Morgan fingerprint density at radius 3 is 2.30 bits per heavy atom. The fourth-order valence-corrected chi connectivity index (χ4v) is 5.51. The maximum atomic E-state index is 13.6. The van der Waals surface area contributed by atoms with Gasteiger partial charge >= 0.3 is 7.82 Å². The second-order valence-electron chi connectivity index (χ2n) is 7.79. The van der Waals surface area contributed by atoms with Gasteiger partial charge in [-0.3, -0.25) is 9.05 Å². The molecule has 6 atom stereocenters. The molecule has 2 aromatic rings. The summed E-state index contributed by atoms with van der Waals surface area (Å²) in [6.45, 7) is 3.59. The van der Waals surface area contributed by atoms with E-state index in [1.807, 2.05) is 18.2 Å². The minimum atomic E-state index is -3.98. The van der Waals surface area contributed by atoms with Gasteiger partial charge in [-0.05, 0) is 43.7 Å². The highest BCUT2D eigenvalue weighted by molar-refractivity contribution is 7.49. The molecule has 0 saturated carbocycles. The molecule has 0 amide bonds. The standard InChI is InChI=1S/C21H23O8P/c1-21(2)25-19-18-17(24-20(19)26-21)16(13-9-11-14(23-3)12-10-13)28-30(22,29-18)27-15-7-5-4-6-8-15/h4-12,16-20H,1-3H3/t16-,17+,18-,19+,20+,30-/m0/s1. The van der Waals surface area contributed by atoms with Crippen molar-refractivity contribution in [1.82, 2.24) is 0 Å². The Morgan fingerprint density at radius 1 is 0.867 bits per heavy atom. The van der Waals surface area contributed by atoms with Crippen LogP contribution in [0.15, 0.2) is 54.6 Å². The summed E-state index contributed by atoms with van der Waals surface area (Å²) in [4.78, 5) is 0. The van der Waals surface area contributed by atoms with Gasteiger partial charge in [-0.25, -0.2) is 4.57 Å². The molecule has 160 valence electrons. The van der Waals surface area contributed by atoms with Gasteiger partial charge in [0.2, 0.25) is 0 Å². The molecule has 0 N–H and O–H groups in total. The number of rotatable bonds is 4. The predicted octanol–water partition coefficient (Wildman–Crippen LogP) is 4.22. The molecule has 30 heavy (non-hydrogen) atoms. The first-order valence-electron chi connectivity index (χ1n) is 9.72. The van der Waals surface area contributed by atoms with Gasteiger partial charge in [0.1, 0.15) is 35.9 Å². The Kier molecular flexibility index (Phi) is 4.89. The van der Waals surface area contributed by atoms with Crippen molar-refractivity contribution in [3.8, 4) is 11.5 Å². The van der Waals surface area contributed by atoms with E-state index < -0.39 is 44.3 Å². The highest BCUT2D eigenvalue weighted by Gasteiger charge is 2.63. The van der Waals surface area contributed by atoms with Crippen molar-refractivity contribution in [2.75, 3.05) is 7.11 Å². The van der Waals surface area contributed by atoms with Gasteiger partial charge in [-0.1, -0.05) is 30.3 Å². The molecular formula is C21H23O8P. The maximum absolute atomic E-state index is 13.6. The highest BCUT2D eigenvalue weighted by Crippen LogP contribution is 2.62. The average molecular weight is 434 g/mol. The zero-order valence-electron chi connectivity index (χ0n) is 16.8. The van der Waals surface area contributed by atoms with Gasteiger partial charge in [-0.15, -0.1) is 0 Å². The molecule has 3 aliphatic heterocycles. The zero-order valence-corrected chi connectivity index (χ0v) is 17.7. The van der Waals surface area contributed by atoms with Crippen molar-refractivity contribution in [2.45, 2.75) is 50.3 Å². The molecule has 3 fully saturated rings. The van der Waals surface area contributed by atoms with Crippen LogP contribution in [0.5, 0.6) is 11.5 Å². The Labute approximate surface area is 174 Å². The summed E-state index contributed by atoms with van der Waals surface area (Å²) in [7, 11) is -2.39. The molecule has 9 heteroatoms. The number of phosphoric ester groups is 1. The zero-order chi connectivity index (χ0) is 20.9. The summed E-state index contributed by atoms with van der Waals surface area (Å²) in [5, 5.41) is 0. The molecule has 0 unspecified atom stereocenters. The molecule has 3 aliphatic rings. The first-order valence-corrected chi connectivity index (χ1v) is 11.2. The second-order valence-corrected chi connectivity index (χ2v) is 9.29. The topological polar surface area (TPSA) is 81.7 Å². The SMILES string of the molecule is COc1ccc([C@@H]2O[P@](=O)(Oc3ccccc3)O[C@@H]3[C@H]4OC(C)(C)O[C@H]4O[C@@H]32)cc1. The van der Waals surface area contributed by atoms with E-state index in [2.05, 4.69) is 0 Å². The minimum absolute atomic E-state index is 0.382. The van der Waals surface area contributed by atoms with Crippen LogP contribution >= 0.6 is 7.82 Å². The van der Waals surface area contributed by atoms with E-state index in [9.17, 15) is 4.57 Å². The molecule has 8 nitrogen and oxygen atoms in total. The number of hydrogen-bond donors (Lipinski definition) is 0. The molecule has 2 aromatic carbocycles. The van der Waals surface area contributed by atoms with Gasteiger partial charge in [0, 0.05) is 0 Å². The number of ether oxygens (including phenoxy) is 4. The Hall–Kier alpha value is -1.93. The summed E-state index contributed by atoms with van der Waals surface area (Å²) >= 11 is 0. The Bertz CT molecular complexity index is 947. The van der Waals surface area contributed by atoms with Crippen molar-refractivity contribution >= 4 is 7.82 Å². The fourth-order valence-electron chi connectivity index (χ4n) is 3.94. The van der Waals surface area contributed by atoms with Crippen LogP contribution in [0.25, 0.3) is 0 Å². The number of fused-ring (bicyclic) bond motifs is 3. The van der Waals surface area contributed by atoms with Gasteiger partial charge in [0.15, 0.2) is 12.1 Å². The normalized spacial score (nSPS) is 36.7. The fraction of sp³-hybridized carbons (Fsp3) is 0.429. The molecule has 0 radical (unpaired) electrons. The van der Waals surface area contributed by atoms with Crippen molar-refractivity contribution in [3.63, 3.8) is 0 Å². The molecule has 0 aromatic heterocycles. The highest BCUT2D eigenvalue weighted by atomic mass is 31.2. The third kappa shape index (κ3) is 3.64. The summed E-state index contributed by atoms with van der Waals surface area (Å²) in [5.41, 5.74) is 0.755. The summed E-state index contributed by atoms with van der Waals surface area (Å²) in [5.74, 6) is 0.248. The van der Waals surface area contributed by atoms with Crippen LogP contribution in [0.1, 0.15) is 25.5 Å². The third-order valence-corrected chi connectivity index (χ3v) is 6.64. The van der Waals surface area contributed by atoms with Crippen LogP contribution in [0.2, 0.25) is 0 Å². The van der Waals surface area contributed by atoms with E-state index in [1.165, 1.54) is 0 Å². The third-order valence-electron chi connectivity index (χ3n) is 5.22. The van der Waals surface area contributed by atoms with E-state index >= 15 is 0 Å². The lowest BCUT2D eigenvalue weighted by Gasteiger charge is -2.38. The summed E-state index contributed by atoms with van der Waals surface area (Å²) < 4.78 is 54.1. The number of benzene rings is 2. The van der Waals surface area contributed by atoms with Crippen molar-refractivity contribution in [2.24, 2.45) is 0 Å². The molecule has 0 bridgehead atoms.